The minimum atomic E-state index is -0.488. The number of Topliss-reactive ketones (excluding diaryl/α,β-unsaturated/α-hetero) is 1. The topological polar surface area (TPSA) is 95.5 Å². The highest BCUT2D eigenvalue weighted by atomic mass is 16.6. The number of allylic oxidation sites excluding steroid dienone is 1. The van der Waals surface area contributed by atoms with E-state index in [1.165, 1.54) is 12.1 Å². The molecule has 0 radical (unpaired) electrons. The van der Waals surface area contributed by atoms with Gasteiger partial charge in [0, 0.05) is 11.6 Å². The van der Waals surface area contributed by atoms with Crippen LogP contribution in [-0.2, 0) is 0 Å². The third-order valence-electron chi connectivity index (χ3n) is 4.69. The Bertz CT molecular complexity index is 1290. The van der Waals surface area contributed by atoms with Gasteiger partial charge in [-0.3, -0.25) is 14.9 Å². The molecule has 0 N–H and O–H groups in total. The van der Waals surface area contributed by atoms with Gasteiger partial charge in [-0.25, -0.2) is 4.98 Å². The molecule has 0 aliphatic carbocycles. The molecule has 4 rings (SSSR count). The lowest BCUT2D eigenvalue weighted by molar-refractivity contribution is -0.385. The number of carbonyl (C=O) groups is 1. The number of nitro groups is 1. The van der Waals surface area contributed by atoms with Crippen LogP contribution in [0.2, 0.25) is 0 Å². The normalized spacial score (nSPS) is 11.7. The number of ether oxygens (including phenoxy) is 1. The quantitative estimate of drug-likeness (QED) is 0.156. The van der Waals surface area contributed by atoms with Gasteiger partial charge in [-0.1, -0.05) is 24.3 Å². The van der Waals surface area contributed by atoms with Crippen molar-refractivity contribution in [2.24, 2.45) is 0 Å². The Morgan fingerprint density at radius 2 is 1.72 bits per heavy atom. The number of hydrogen-bond donors (Lipinski definition) is 0. The van der Waals surface area contributed by atoms with Crippen molar-refractivity contribution in [3.8, 4) is 5.75 Å². The summed E-state index contributed by atoms with van der Waals surface area (Å²) in [5.41, 5.74) is 1.77. The number of oxazole rings is 1. The number of rotatable bonds is 7. The van der Waals surface area contributed by atoms with Gasteiger partial charge in [0.1, 0.15) is 11.3 Å². The fourth-order valence-corrected chi connectivity index (χ4v) is 3.26. The van der Waals surface area contributed by atoms with Crippen LogP contribution in [0.4, 0.5) is 5.69 Å². The van der Waals surface area contributed by atoms with Gasteiger partial charge in [0.05, 0.1) is 22.2 Å². The predicted molar refractivity (Wildman–Crippen MR) is 122 cm³/mol. The maximum absolute atomic E-state index is 13.5. The van der Waals surface area contributed by atoms with E-state index in [0.717, 1.165) is 0 Å². The standard InChI is InChI=1S/C25H20N2O5/c1-16(2)31-19-13-11-17(12-14-19)24(28)20(15-18-7-3-5-9-22(18)27(29)30)25-26-21-8-4-6-10-23(21)32-25/h3-16H,1-2H3. The molecular formula is C25H20N2O5. The van der Waals surface area contributed by atoms with Crippen molar-refractivity contribution in [1.29, 1.82) is 0 Å². The van der Waals surface area contributed by atoms with Gasteiger partial charge in [0.15, 0.2) is 11.4 Å². The van der Waals surface area contributed by atoms with Crippen LogP contribution < -0.4 is 4.74 Å². The van der Waals surface area contributed by atoms with Crippen molar-refractivity contribution < 1.29 is 18.9 Å². The van der Waals surface area contributed by atoms with E-state index in [1.807, 2.05) is 19.9 Å². The van der Waals surface area contributed by atoms with Gasteiger partial charge < -0.3 is 9.15 Å². The highest BCUT2D eigenvalue weighted by Gasteiger charge is 2.22. The van der Waals surface area contributed by atoms with Gasteiger partial charge in [0.25, 0.3) is 5.69 Å². The van der Waals surface area contributed by atoms with Gasteiger partial charge >= 0.3 is 0 Å². The van der Waals surface area contributed by atoms with Gasteiger partial charge in [-0.2, -0.15) is 0 Å². The van der Waals surface area contributed by atoms with Crippen LogP contribution in [0.25, 0.3) is 22.7 Å². The van der Waals surface area contributed by atoms with Crippen LogP contribution in [0, 0.1) is 10.1 Å². The number of aromatic nitrogens is 1. The number of para-hydroxylation sites is 3. The number of ketones is 1. The molecule has 160 valence electrons. The minimum absolute atomic E-state index is 0.00499. The molecular weight excluding hydrogens is 408 g/mol. The summed E-state index contributed by atoms with van der Waals surface area (Å²) < 4.78 is 11.5. The summed E-state index contributed by atoms with van der Waals surface area (Å²) in [4.78, 5) is 28.9. The summed E-state index contributed by atoms with van der Waals surface area (Å²) >= 11 is 0. The molecule has 0 aliphatic heterocycles. The number of nitrogens with zero attached hydrogens (tertiary/aromatic N) is 2. The van der Waals surface area contributed by atoms with Crippen LogP contribution >= 0.6 is 0 Å². The van der Waals surface area contributed by atoms with Crippen molar-refractivity contribution in [2.45, 2.75) is 20.0 Å². The fraction of sp³-hybridized carbons (Fsp3) is 0.120. The molecule has 0 fully saturated rings. The smallest absolute Gasteiger partial charge is 0.276 e. The molecule has 1 aromatic heterocycles. The molecule has 3 aromatic carbocycles. The van der Waals surface area contributed by atoms with Crippen LogP contribution in [0.3, 0.4) is 0 Å². The van der Waals surface area contributed by atoms with E-state index in [2.05, 4.69) is 4.98 Å². The van der Waals surface area contributed by atoms with Crippen molar-refractivity contribution in [2.75, 3.05) is 0 Å². The first-order valence-electron chi connectivity index (χ1n) is 10.0. The van der Waals surface area contributed by atoms with E-state index in [1.54, 1.807) is 60.7 Å². The fourth-order valence-electron chi connectivity index (χ4n) is 3.26. The molecule has 0 amide bonds. The zero-order valence-corrected chi connectivity index (χ0v) is 17.5. The molecule has 7 nitrogen and oxygen atoms in total. The highest BCUT2D eigenvalue weighted by molar-refractivity contribution is 6.31. The van der Waals surface area contributed by atoms with Crippen molar-refractivity contribution in [3.05, 3.63) is 99.9 Å². The monoisotopic (exact) mass is 428 g/mol. The molecule has 7 heteroatoms. The van der Waals surface area contributed by atoms with Crippen LogP contribution in [0.15, 0.2) is 77.2 Å². The van der Waals surface area contributed by atoms with Crippen molar-refractivity contribution in [3.63, 3.8) is 0 Å². The molecule has 0 atom stereocenters. The van der Waals surface area contributed by atoms with E-state index in [4.69, 9.17) is 9.15 Å². The Balaban J connectivity index is 1.82. The van der Waals surface area contributed by atoms with E-state index < -0.39 is 4.92 Å². The summed E-state index contributed by atoms with van der Waals surface area (Å²) in [6, 6.07) is 20.1. The average molecular weight is 428 g/mol. The maximum atomic E-state index is 13.5. The second kappa shape index (κ2) is 8.85. The zero-order chi connectivity index (χ0) is 22.7. The summed E-state index contributed by atoms with van der Waals surface area (Å²) in [7, 11) is 0. The lowest BCUT2D eigenvalue weighted by atomic mass is 10.00. The Hall–Kier alpha value is -4.26. The highest BCUT2D eigenvalue weighted by Crippen LogP contribution is 2.29. The summed E-state index contributed by atoms with van der Waals surface area (Å²) in [6.07, 6.45) is 1.45. The molecule has 32 heavy (non-hydrogen) atoms. The molecule has 0 bridgehead atoms. The molecule has 0 saturated heterocycles. The zero-order valence-electron chi connectivity index (χ0n) is 17.5. The lowest BCUT2D eigenvalue weighted by Crippen LogP contribution is -2.07. The van der Waals surface area contributed by atoms with Gasteiger partial charge in [-0.05, 0) is 62.4 Å². The molecule has 1 heterocycles. The summed E-state index contributed by atoms with van der Waals surface area (Å²) in [5, 5.41) is 11.5. The number of nitro benzene ring substituents is 1. The number of hydrogen-bond acceptors (Lipinski definition) is 6. The van der Waals surface area contributed by atoms with Gasteiger partial charge in [-0.15, -0.1) is 0 Å². The lowest BCUT2D eigenvalue weighted by Gasteiger charge is -2.10. The molecule has 4 aromatic rings. The third-order valence-corrected chi connectivity index (χ3v) is 4.69. The number of benzene rings is 3. The number of carbonyl (C=O) groups excluding carboxylic acids is 1. The molecule has 0 spiro atoms. The van der Waals surface area contributed by atoms with E-state index in [0.29, 0.717) is 22.4 Å². The van der Waals surface area contributed by atoms with Crippen LogP contribution in [0.1, 0.15) is 35.7 Å². The van der Waals surface area contributed by atoms with Crippen LogP contribution in [-0.4, -0.2) is 21.8 Å². The molecule has 0 unspecified atom stereocenters. The van der Waals surface area contributed by atoms with E-state index >= 15 is 0 Å². The summed E-state index contributed by atoms with van der Waals surface area (Å²) in [5.74, 6) is 0.366. The second-order valence-corrected chi connectivity index (χ2v) is 7.38. The van der Waals surface area contributed by atoms with Crippen molar-refractivity contribution in [1.82, 2.24) is 4.98 Å². The first kappa shape index (κ1) is 21.0. The van der Waals surface area contributed by atoms with E-state index in [-0.39, 0.29) is 34.6 Å². The second-order valence-electron chi connectivity index (χ2n) is 7.38. The van der Waals surface area contributed by atoms with Crippen molar-refractivity contribution >= 4 is 34.2 Å². The Kier molecular flexibility index (Phi) is 5.81. The Morgan fingerprint density at radius 1 is 1.03 bits per heavy atom. The first-order valence-corrected chi connectivity index (χ1v) is 10.0. The average Bonchev–Trinajstić information content (AvgIpc) is 3.21. The van der Waals surface area contributed by atoms with E-state index in [9.17, 15) is 14.9 Å². The molecule has 0 saturated carbocycles. The largest absolute Gasteiger partial charge is 0.491 e. The van der Waals surface area contributed by atoms with Gasteiger partial charge in [0.2, 0.25) is 5.89 Å². The predicted octanol–water partition coefficient (Wildman–Crippen LogP) is 5.95. The number of fused-ring (bicyclic) bond motifs is 1. The third kappa shape index (κ3) is 4.41. The Morgan fingerprint density at radius 3 is 2.41 bits per heavy atom. The minimum Gasteiger partial charge on any atom is -0.491 e. The summed E-state index contributed by atoms with van der Waals surface area (Å²) in [6.45, 7) is 3.83. The Labute approximate surface area is 184 Å². The van der Waals surface area contributed by atoms with Crippen LogP contribution in [0.5, 0.6) is 5.75 Å². The first-order chi connectivity index (χ1) is 15.4. The SMILES string of the molecule is CC(C)Oc1ccc(C(=O)C(=Cc2ccccc2[N+](=O)[O-])c2nc3ccccc3o2)cc1. The maximum Gasteiger partial charge on any atom is 0.276 e. The molecule has 0 aliphatic rings.